The minimum absolute atomic E-state index is 0. The van der Waals surface area contributed by atoms with Crippen molar-refractivity contribution in [2.75, 3.05) is 0 Å². The van der Waals surface area contributed by atoms with Crippen molar-refractivity contribution < 1.29 is 41.3 Å². The van der Waals surface area contributed by atoms with Crippen LogP contribution in [0.1, 0.15) is 0 Å². The quantitative estimate of drug-likeness (QED) is 0.610. The van der Waals surface area contributed by atoms with E-state index >= 15 is 0 Å². The van der Waals surface area contributed by atoms with E-state index in [1.807, 2.05) is 5.38 Å². The molecule has 1 rings (SSSR count). The maximum Gasteiger partial charge on any atom is 0.0791 e. The van der Waals surface area contributed by atoms with Crippen LogP contribution in [0.25, 0.3) is 0 Å². The van der Waals surface area contributed by atoms with Gasteiger partial charge in [0.2, 0.25) is 0 Å². The van der Waals surface area contributed by atoms with E-state index < -0.39 is 0 Å². The molecule has 0 atom stereocenters. The Morgan fingerprint density at radius 1 is 1.38 bits per heavy atom. The van der Waals surface area contributed by atoms with E-state index in [-0.39, 0.29) is 41.3 Å². The van der Waals surface area contributed by atoms with Gasteiger partial charge in [0.15, 0.2) is 0 Å². The molecule has 0 aliphatic heterocycles. The van der Waals surface area contributed by atoms with E-state index in [2.05, 4.69) is 4.98 Å². The van der Waals surface area contributed by atoms with Crippen LogP contribution in [0, 0.1) is 0 Å². The zero-order chi connectivity index (χ0) is 3.54. The van der Waals surface area contributed by atoms with Crippen molar-refractivity contribution in [2.45, 2.75) is 0 Å². The predicted molar refractivity (Wildman–Crippen MR) is 23.2 cm³/mol. The number of hydrogen-bond donors (Lipinski definition) is 0. The zero-order valence-corrected chi connectivity index (χ0v) is 9.01. The Morgan fingerprint density at radius 3 is 2.12 bits per heavy atom. The molecule has 1 aromatic rings. The molecule has 0 fully saturated rings. The average Bonchev–Trinajstić information content (AvgIpc) is 1.76. The molecule has 42 valence electrons. The maximum absolute atomic E-state index is 3.74. The van der Waals surface area contributed by atoms with Crippen molar-refractivity contribution in [1.82, 2.24) is 4.98 Å². The second-order valence-corrected chi connectivity index (χ2v) is 1.43. The van der Waals surface area contributed by atoms with E-state index in [1.54, 1.807) is 23.0 Å². The molecule has 0 saturated carbocycles. The van der Waals surface area contributed by atoms with E-state index in [9.17, 15) is 0 Å². The van der Waals surface area contributed by atoms with Crippen LogP contribution in [-0.4, -0.2) is 4.98 Å². The first-order valence-electron chi connectivity index (χ1n) is 1.32. The fraction of sp³-hybridized carbons (Fsp3) is 0. The molecule has 8 heavy (non-hydrogen) atoms. The number of nitrogens with zero attached hydrogens (tertiary/aromatic N) is 1. The molecule has 0 unspecified atom stereocenters. The fourth-order valence-corrected chi connectivity index (χ4v) is 0.527. The third-order valence-corrected chi connectivity index (χ3v) is 0.869. The standard InChI is InChI=1S/C3H3NS.F.Mn.Zn/c1-2-5-3-4-1;;;/h1-3H;;;. The third kappa shape index (κ3) is 6.70. The summed E-state index contributed by atoms with van der Waals surface area (Å²) in [6.45, 7) is 0. The van der Waals surface area contributed by atoms with Crippen LogP contribution in [0.4, 0.5) is 4.70 Å². The Kier molecular flexibility index (Phi) is 21.1. The summed E-state index contributed by atoms with van der Waals surface area (Å²) in [5.41, 5.74) is 1.79. The molecule has 0 saturated heterocycles. The minimum Gasteiger partial charge on any atom is -0.253 e. The normalized spacial score (nSPS) is 5.00. The number of hydrogen-bond acceptors (Lipinski definition) is 2. The molecule has 0 amide bonds. The molecule has 1 heterocycles. The Bertz CT molecular complexity index is 75.8. The summed E-state index contributed by atoms with van der Waals surface area (Å²) in [7, 11) is 0. The van der Waals surface area contributed by atoms with Crippen molar-refractivity contribution in [2.24, 2.45) is 0 Å². The number of rotatable bonds is 0. The van der Waals surface area contributed by atoms with E-state index in [0.717, 1.165) is 0 Å². The van der Waals surface area contributed by atoms with Crippen molar-refractivity contribution >= 4 is 11.3 Å². The van der Waals surface area contributed by atoms with Crippen LogP contribution in [0.2, 0.25) is 0 Å². The Morgan fingerprint density at radius 2 is 2.00 bits per heavy atom. The van der Waals surface area contributed by atoms with Crippen LogP contribution in [-0.2, 0) is 36.5 Å². The Balaban J connectivity index is -0.0000000833. The van der Waals surface area contributed by atoms with Gasteiger partial charge < -0.3 is 0 Å². The summed E-state index contributed by atoms with van der Waals surface area (Å²) in [6, 6.07) is 0. The van der Waals surface area contributed by atoms with Gasteiger partial charge in [-0.05, 0) is 0 Å². The largest absolute Gasteiger partial charge is 0.253 e. The molecule has 0 aromatic carbocycles. The minimum atomic E-state index is 0. The second kappa shape index (κ2) is 10.6. The van der Waals surface area contributed by atoms with Gasteiger partial charge in [-0.25, -0.2) is 0 Å². The summed E-state index contributed by atoms with van der Waals surface area (Å²) < 4.78 is 0. The van der Waals surface area contributed by atoms with E-state index in [4.69, 9.17) is 0 Å². The molecular weight excluding hydrogens is 221 g/mol. The van der Waals surface area contributed by atoms with Crippen LogP contribution in [0.5, 0.6) is 0 Å². The van der Waals surface area contributed by atoms with Crippen molar-refractivity contribution in [3.63, 3.8) is 0 Å². The molecular formula is C3H3FMnNSZn. The Labute approximate surface area is 74.5 Å². The predicted octanol–water partition coefficient (Wildman–Crippen LogP) is 1.56. The zero-order valence-electron chi connectivity index (χ0n) is 4.05. The van der Waals surface area contributed by atoms with Crippen molar-refractivity contribution in [1.29, 1.82) is 0 Å². The van der Waals surface area contributed by atoms with Crippen LogP contribution in [0.3, 0.4) is 0 Å². The second-order valence-electron chi connectivity index (χ2n) is 0.676. The van der Waals surface area contributed by atoms with Gasteiger partial charge in [-0.1, -0.05) is 0 Å². The Hall–Kier alpha value is 0.703. The summed E-state index contributed by atoms with van der Waals surface area (Å²) in [6.07, 6.45) is 1.77. The topological polar surface area (TPSA) is 12.9 Å². The van der Waals surface area contributed by atoms with E-state index in [0.29, 0.717) is 0 Å². The SMILES string of the molecule is [F].[Mn].[Zn].c1cscn1. The van der Waals surface area contributed by atoms with Crippen molar-refractivity contribution in [3.8, 4) is 0 Å². The van der Waals surface area contributed by atoms with Crippen molar-refractivity contribution in [3.05, 3.63) is 17.1 Å². The first kappa shape index (κ1) is 15.9. The van der Waals surface area contributed by atoms with Gasteiger partial charge >= 0.3 is 0 Å². The molecule has 0 spiro atoms. The maximum atomic E-state index is 3.74. The molecule has 5 heteroatoms. The van der Waals surface area contributed by atoms with Crippen LogP contribution < -0.4 is 0 Å². The van der Waals surface area contributed by atoms with Gasteiger partial charge in [0.25, 0.3) is 0 Å². The molecule has 0 aliphatic carbocycles. The van der Waals surface area contributed by atoms with Gasteiger partial charge in [0.1, 0.15) is 0 Å². The monoisotopic (exact) mass is 223 g/mol. The first-order chi connectivity index (χ1) is 2.50. The van der Waals surface area contributed by atoms with Gasteiger partial charge in [-0.2, -0.15) is 0 Å². The summed E-state index contributed by atoms with van der Waals surface area (Å²) in [4.78, 5) is 3.74. The molecule has 1 aromatic heterocycles. The molecule has 1 nitrogen and oxygen atoms in total. The molecule has 0 bridgehead atoms. The summed E-state index contributed by atoms with van der Waals surface area (Å²) in [5.74, 6) is 0. The first-order valence-corrected chi connectivity index (χ1v) is 2.26. The number of thiazole rings is 1. The fourth-order valence-electron chi connectivity index (χ4n) is 0.176. The van der Waals surface area contributed by atoms with Gasteiger partial charge in [-0.3, -0.25) is 4.98 Å². The summed E-state index contributed by atoms with van der Waals surface area (Å²) >= 11 is 1.60. The number of aromatic nitrogens is 1. The average molecular weight is 224 g/mol. The van der Waals surface area contributed by atoms with Gasteiger partial charge in [0, 0.05) is 52.8 Å². The van der Waals surface area contributed by atoms with Crippen LogP contribution >= 0.6 is 11.3 Å². The third-order valence-electron chi connectivity index (χ3n) is 0.347. The molecule has 2 radical (unpaired) electrons. The number of halogens is 1. The van der Waals surface area contributed by atoms with Gasteiger partial charge in [0.05, 0.1) is 5.51 Å². The van der Waals surface area contributed by atoms with E-state index in [1.165, 1.54) is 0 Å². The molecule has 0 N–H and O–H groups in total. The molecule has 0 aliphatic rings. The smallest absolute Gasteiger partial charge is 0.0791 e. The summed E-state index contributed by atoms with van der Waals surface area (Å²) in [5, 5.41) is 1.93. The van der Waals surface area contributed by atoms with Crippen LogP contribution in [0.15, 0.2) is 17.1 Å². The van der Waals surface area contributed by atoms with Gasteiger partial charge in [-0.15, -0.1) is 11.3 Å².